The summed E-state index contributed by atoms with van der Waals surface area (Å²) >= 11 is 0. The number of hydrogen-bond acceptors (Lipinski definition) is 2. The minimum absolute atomic E-state index is 0.246. The van der Waals surface area contributed by atoms with Gasteiger partial charge in [-0.2, -0.15) is 0 Å². The van der Waals surface area contributed by atoms with E-state index in [1.165, 1.54) is 25.7 Å². The van der Waals surface area contributed by atoms with Gasteiger partial charge >= 0.3 is 0 Å². The predicted octanol–water partition coefficient (Wildman–Crippen LogP) is 0.797. The average molecular weight is 182 g/mol. The van der Waals surface area contributed by atoms with Crippen molar-refractivity contribution in [3.8, 4) is 0 Å². The number of carbonyl (C=O) groups excluding carboxylic acids is 1. The Morgan fingerprint density at radius 2 is 2.23 bits per heavy atom. The Hall–Kier alpha value is -0.570. The van der Waals surface area contributed by atoms with Crippen LogP contribution >= 0.6 is 0 Å². The highest BCUT2D eigenvalue weighted by molar-refractivity contribution is 5.76. The van der Waals surface area contributed by atoms with Crippen molar-refractivity contribution in [2.75, 3.05) is 6.54 Å². The third-order valence-corrected chi connectivity index (χ3v) is 2.82. The smallest absolute Gasteiger partial charge is 0.220 e. The molecular formula is C10H18N2O. The van der Waals surface area contributed by atoms with Crippen LogP contribution in [-0.4, -0.2) is 24.5 Å². The van der Waals surface area contributed by atoms with Gasteiger partial charge in [-0.05, 0) is 38.6 Å². The van der Waals surface area contributed by atoms with E-state index in [-0.39, 0.29) is 5.91 Å². The molecule has 13 heavy (non-hydrogen) atoms. The predicted molar refractivity (Wildman–Crippen MR) is 51.4 cm³/mol. The van der Waals surface area contributed by atoms with Gasteiger partial charge in [-0.25, -0.2) is 0 Å². The van der Waals surface area contributed by atoms with Crippen molar-refractivity contribution in [3.63, 3.8) is 0 Å². The van der Waals surface area contributed by atoms with Crippen LogP contribution in [0.25, 0.3) is 0 Å². The fourth-order valence-electron chi connectivity index (χ4n) is 1.84. The molecule has 1 saturated carbocycles. The molecule has 2 aliphatic rings. The zero-order chi connectivity index (χ0) is 9.10. The van der Waals surface area contributed by atoms with E-state index in [4.69, 9.17) is 0 Å². The second-order valence-electron chi connectivity index (χ2n) is 4.17. The van der Waals surface area contributed by atoms with Crippen LogP contribution in [-0.2, 0) is 4.79 Å². The summed E-state index contributed by atoms with van der Waals surface area (Å²) < 4.78 is 0. The highest BCUT2D eigenvalue weighted by Gasteiger charge is 2.23. The Kier molecular flexibility index (Phi) is 2.83. The van der Waals surface area contributed by atoms with Crippen molar-refractivity contribution in [1.29, 1.82) is 0 Å². The molecule has 74 valence electrons. The Morgan fingerprint density at radius 3 is 2.85 bits per heavy atom. The number of hydrogen-bond donors (Lipinski definition) is 2. The SMILES string of the molecule is O=C(CCC1CCCN1)NC1CC1. The Bertz CT molecular complexity index is 183. The molecule has 3 nitrogen and oxygen atoms in total. The minimum atomic E-state index is 0.246. The molecule has 0 aromatic carbocycles. The van der Waals surface area contributed by atoms with Gasteiger partial charge in [0.2, 0.25) is 5.91 Å². The molecule has 0 aromatic rings. The van der Waals surface area contributed by atoms with Crippen LogP contribution in [0, 0.1) is 0 Å². The van der Waals surface area contributed by atoms with Crippen molar-refractivity contribution in [1.82, 2.24) is 10.6 Å². The van der Waals surface area contributed by atoms with E-state index in [1.807, 2.05) is 0 Å². The number of amides is 1. The maximum absolute atomic E-state index is 11.3. The molecule has 1 unspecified atom stereocenters. The summed E-state index contributed by atoms with van der Waals surface area (Å²) in [4.78, 5) is 11.3. The molecule has 2 rings (SSSR count). The fraction of sp³-hybridized carbons (Fsp3) is 0.900. The zero-order valence-electron chi connectivity index (χ0n) is 8.01. The number of nitrogens with one attached hydrogen (secondary N) is 2. The number of rotatable bonds is 4. The average Bonchev–Trinajstić information content (AvgIpc) is 2.78. The van der Waals surface area contributed by atoms with Gasteiger partial charge in [0.05, 0.1) is 0 Å². The van der Waals surface area contributed by atoms with Crippen LogP contribution in [0.5, 0.6) is 0 Å². The molecule has 1 saturated heterocycles. The van der Waals surface area contributed by atoms with Crippen LogP contribution in [0.1, 0.15) is 38.5 Å². The van der Waals surface area contributed by atoms with Crippen molar-refractivity contribution in [2.45, 2.75) is 50.6 Å². The van der Waals surface area contributed by atoms with E-state index in [9.17, 15) is 4.79 Å². The molecule has 1 aliphatic carbocycles. The third-order valence-electron chi connectivity index (χ3n) is 2.82. The fourth-order valence-corrected chi connectivity index (χ4v) is 1.84. The molecule has 1 heterocycles. The van der Waals surface area contributed by atoms with Crippen LogP contribution in [0.4, 0.5) is 0 Å². The lowest BCUT2D eigenvalue weighted by atomic mass is 10.1. The molecule has 2 fully saturated rings. The first-order valence-corrected chi connectivity index (χ1v) is 5.37. The van der Waals surface area contributed by atoms with E-state index in [0.717, 1.165) is 13.0 Å². The maximum atomic E-state index is 11.3. The summed E-state index contributed by atoms with van der Waals surface area (Å²) in [6, 6.07) is 1.12. The molecule has 0 bridgehead atoms. The molecular weight excluding hydrogens is 164 g/mol. The summed E-state index contributed by atoms with van der Waals surface area (Å²) in [5, 5.41) is 6.41. The van der Waals surface area contributed by atoms with Crippen molar-refractivity contribution in [2.24, 2.45) is 0 Å². The minimum Gasteiger partial charge on any atom is -0.353 e. The molecule has 0 spiro atoms. The lowest BCUT2D eigenvalue weighted by molar-refractivity contribution is -0.121. The Morgan fingerprint density at radius 1 is 1.38 bits per heavy atom. The van der Waals surface area contributed by atoms with Crippen LogP contribution in [0.15, 0.2) is 0 Å². The van der Waals surface area contributed by atoms with Crippen LogP contribution in [0.3, 0.4) is 0 Å². The molecule has 1 amide bonds. The van der Waals surface area contributed by atoms with Gasteiger partial charge < -0.3 is 10.6 Å². The van der Waals surface area contributed by atoms with E-state index >= 15 is 0 Å². The van der Waals surface area contributed by atoms with E-state index in [2.05, 4.69) is 10.6 Å². The highest BCUT2D eigenvalue weighted by atomic mass is 16.1. The quantitative estimate of drug-likeness (QED) is 0.675. The van der Waals surface area contributed by atoms with Crippen molar-refractivity contribution in [3.05, 3.63) is 0 Å². The van der Waals surface area contributed by atoms with E-state index in [1.54, 1.807) is 0 Å². The normalized spacial score (nSPS) is 27.5. The molecule has 0 radical (unpaired) electrons. The number of carbonyl (C=O) groups is 1. The Balaban J connectivity index is 1.57. The van der Waals surface area contributed by atoms with Gasteiger partial charge in [-0.3, -0.25) is 4.79 Å². The van der Waals surface area contributed by atoms with Gasteiger partial charge in [-0.15, -0.1) is 0 Å². The summed E-state index contributed by atoms with van der Waals surface area (Å²) in [6.07, 6.45) is 6.61. The monoisotopic (exact) mass is 182 g/mol. The van der Waals surface area contributed by atoms with Gasteiger partial charge in [0, 0.05) is 18.5 Å². The summed E-state index contributed by atoms with van der Waals surface area (Å²) in [6.45, 7) is 1.13. The second kappa shape index (κ2) is 4.09. The van der Waals surface area contributed by atoms with Gasteiger partial charge in [0.15, 0.2) is 0 Å². The second-order valence-corrected chi connectivity index (χ2v) is 4.17. The zero-order valence-corrected chi connectivity index (χ0v) is 8.01. The largest absolute Gasteiger partial charge is 0.353 e. The molecule has 1 aliphatic heterocycles. The molecule has 2 N–H and O–H groups in total. The third kappa shape index (κ3) is 2.99. The summed E-state index contributed by atoms with van der Waals surface area (Å²) in [7, 11) is 0. The lowest BCUT2D eigenvalue weighted by Crippen LogP contribution is -2.28. The molecule has 0 aromatic heterocycles. The van der Waals surface area contributed by atoms with Gasteiger partial charge in [-0.1, -0.05) is 0 Å². The highest BCUT2D eigenvalue weighted by Crippen LogP contribution is 2.19. The summed E-state index contributed by atoms with van der Waals surface area (Å²) in [5.74, 6) is 0.246. The van der Waals surface area contributed by atoms with Crippen LogP contribution in [0.2, 0.25) is 0 Å². The van der Waals surface area contributed by atoms with Crippen LogP contribution < -0.4 is 10.6 Å². The van der Waals surface area contributed by atoms with E-state index < -0.39 is 0 Å². The first kappa shape index (κ1) is 9.00. The van der Waals surface area contributed by atoms with Gasteiger partial charge in [0.25, 0.3) is 0 Å². The first-order chi connectivity index (χ1) is 6.34. The standard InChI is InChI=1S/C10H18N2O/c13-10(12-9-3-4-9)6-5-8-2-1-7-11-8/h8-9,11H,1-7H2,(H,12,13). The molecule has 3 heteroatoms. The molecule has 1 atom stereocenters. The topological polar surface area (TPSA) is 41.1 Å². The van der Waals surface area contributed by atoms with Gasteiger partial charge in [0.1, 0.15) is 0 Å². The van der Waals surface area contributed by atoms with E-state index in [0.29, 0.717) is 18.5 Å². The Labute approximate surface area is 79.3 Å². The summed E-state index contributed by atoms with van der Waals surface area (Å²) in [5.41, 5.74) is 0. The van der Waals surface area contributed by atoms with Crippen molar-refractivity contribution >= 4 is 5.91 Å². The lowest BCUT2D eigenvalue weighted by Gasteiger charge is -2.09. The maximum Gasteiger partial charge on any atom is 0.220 e. The first-order valence-electron chi connectivity index (χ1n) is 5.37. The van der Waals surface area contributed by atoms with Crippen molar-refractivity contribution < 1.29 is 4.79 Å².